The van der Waals surface area contributed by atoms with Crippen molar-refractivity contribution in [2.24, 2.45) is 0 Å². The van der Waals surface area contributed by atoms with Gasteiger partial charge in [-0.25, -0.2) is 0 Å². The van der Waals surface area contributed by atoms with Crippen molar-refractivity contribution in [2.75, 3.05) is 17.2 Å². The molecule has 2 aromatic carbocycles. The molecule has 2 N–H and O–H groups in total. The number of para-hydroxylation sites is 1. The summed E-state index contributed by atoms with van der Waals surface area (Å²) in [5.74, 6) is -0.111. The molecule has 4 heteroatoms. The van der Waals surface area contributed by atoms with Crippen LogP contribution in [-0.4, -0.2) is 12.5 Å². The monoisotopic (exact) mass is 293 g/mol. The lowest BCUT2D eigenvalue weighted by molar-refractivity contribution is -0.115. The van der Waals surface area contributed by atoms with E-state index < -0.39 is 0 Å². The Bertz CT molecular complexity index is 671. The number of rotatable bonds is 6. The fraction of sp³-hybridized carbons (Fsp3) is 0.222. The number of hydrogen-bond acceptors (Lipinski definition) is 3. The molecule has 0 aromatic heterocycles. The molecule has 2 aromatic rings. The van der Waals surface area contributed by atoms with Crippen LogP contribution in [0.15, 0.2) is 48.5 Å². The van der Waals surface area contributed by atoms with Gasteiger partial charge in [-0.05, 0) is 36.2 Å². The normalized spacial score (nSPS) is 9.82. The van der Waals surface area contributed by atoms with E-state index >= 15 is 0 Å². The second-order valence-electron chi connectivity index (χ2n) is 4.93. The molecular formula is C18H19N3O. The van der Waals surface area contributed by atoms with Crippen LogP contribution >= 0.6 is 0 Å². The standard InChI is InChI=1S/C18H19N3O/c1-2-14-7-9-16(10-8-14)20-12-11-18(22)21-17-6-4-3-5-15(17)13-19/h3-10,20H,2,11-12H2,1H3,(H,21,22). The van der Waals surface area contributed by atoms with Gasteiger partial charge in [0.1, 0.15) is 6.07 Å². The maximum absolute atomic E-state index is 11.9. The minimum atomic E-state index is -0.111. The van der Waals surface area contributed by atoms with Crippen LogP contribution in [-0.2, 0) is 11.2 Å². The summed E-state index contributed by atoms with van der Waals surface area (Å²) in [4.78, 5) is 11.9. The number of hydrogen-bond donors (Lipinski definition) is 2. The topological polar surface area (TPSA) is 64.9 Å². The van der Waals surface area contributed by atoms with E-state index in [0.29, 0.717) is 24.2 Å². The van der Waals surface area contributed by atoms with Gasteiger partial charge in [-0.2, -0.15) is 5.26 Å². The largest absolute Gasteiger partial charge is 0.385 e. The Balaban J connectivity index is 1.81. The summed E-state index contributed by atoms with van der Waals surface area (Å²) in [6.45, 7) is 2.66. The first-order chi connectivity index (χ1) is 10.7. The molecule has 2 rings (SSSR count). The van der Waals surface area contributed by atoms with Crippen LogP contribution < -0.4 is 10.6 Å². The van der Waals surface area contributed by atoms with Crippen LogP contribution in [0.25, 0.3) is 0 Å². The number of aryl methyl sites for hydroxylation is 1. The molecule has 0 spiro atoms. The van der Waals surface area contributed by atoms with Gasteiger partial charge >= 0.3 is 0 Å². The molecule has 0 saturated carbocycles. The van der Waals surface area contributed by atoms with E-state index in [2.05, 4.69) is 35.8 Å². The summed E-state index contributed by atoms with van der Waals surface area (Å²) in [5.41, 5.74) is 3.32. The Labute approximate surface area is 130 Å². The molecule has 0 bridgehead atoms. The predicted octanol–water partition coefficient (Wildman–Crippen LogP) is 3.56. The third kappa shape index (κ3) is 4.35. The van der Waals surface area contributed by atoms with Crippen molar-refractivity contribution in [3.05, 3.63) is 59.7 Å². The fourth-order valence-corrected chi connectivity index (χ4v) is 2.08. The highest BCUT2D eigenvalue weighted by atomic mass is 16.1. The highest BCUT2D eigenvalue weighted by Crippen LogP contribution is 2.14. The number of carbonyl (C=O) groups excluding carboxylic acids is 1. The van der Waals surface area contributed by atoms with E-state index in [0.717, 1.165) is 12.1 Å². The molecule has 0 aliphatic heterocycles. The minimum Gasteiger partial charge on any atom is -0.385 e. The third-order valence-electron chi connectivity index (χ3n) is 3.36. The Morgan fingerprint density at radius 3 is 2.55 bits per heavy atom. The van der Waals surface area contributed by atoms with Crippen molar-refractivity contribution in [3.8, 4) is 6.07 Å². The van der Waals surface area contributed by atoms with E-state index in [1.165, 1.54) is 5.56 Å². The molecule has 1 amide bonds. The van der Waals surface area contributed by atoms with Crippen molar-refractivity contribution >= 4 is 17.3 Å². The van der Waals surface area contributed by atoms with E-state index in [4.69, 9.17) is 5.26 Å². The number of nitrogens with one attached hydrogen (secondary N) is 2. The first-order valence-electron chi connectivity index (χ1n) is 7.34. The summed E-state index contributed by atoms with van der Waals surface area (Å²) in [6.07, 6.45) is 1.36. The average Bonchev–Trinajstić information content (AvgIpc) is 2.56. The molecule has 0 radical (unpaired) electrons. The molecule has 0 fully saturated rings. The summed E-state index contributed by atoms with van der Waals surface area (Å²) in [6, 6.07) is 17.2. The maximum Gasteiger partial charge on any atom is 0.226 e. The fourth-order valence-electron chi connectivity index (χ4n) is 2.08. The van der Waals surface area contributed by atoms with Gasteiger partial charge in [-0.15, -0.1) is 0 Å². The summed E-state index contributed by atoms with van der Waals surface area (Å²) >= 11 is 0. The van der Waals surface area contributed by atoms with Crippen LogP contribution in [0.3, 0.4) is 0 Å². The smallest absolute Gasteiger partial charge is 0.226 e. The lowest BCUT2D eigenvalue weighted by Crippen LogP contribution is -2.16. The zero-order chi connectivity index (χ0) is 15.8. The van der Waals surface area contributed by atoms with Crippen molar-refractivity contribution in [1.82, 2.24) is 0 Å². The molecule has 0 aliphatic carbocycles. The van der Waals surface area contributed by atoms with Gasteiger partial charge in [-0.3, -0.25) is 4.79 Å². The number of anilines is 2. The van der Waals surface area contributed by atoms with E-state index in [-0.39, 0.29) is 5.91 Å². The van der Waals surface area contributed by atoms with Gasteiger partial charge in [0.15, 0.2) is 0 Å². The quantitative estimate of drug-likeness (QED) is 0.856. The zero-order valence-corrected chi connectivity index (χ0v) is 12.6. The number of amides is 1. The molecule has 22 heavy (non-hydrogen) atoms. The molecule has 0 unspecified atom stereocenters. The Morgan fingerprint density at radius 2 is 1.86 bits per heavy atom. The first-order valence-corrected chi connectivity index (χ1v) is 7.34. The molecule has 112 valence electrons. The van der Waals surface area contributed by atoms with E-state index in [1.54, 1.807) is 24.3 Å². The molecular weight excluding hydrogens is 274 g/mol. The van der Waals surface area contributed by atoms with Crippen LogP contribution in [0, 0.1) is 11.3 Å². The molecule has 4 nitrogen and oxygen atoms in total. The molecule has 0 heterocycles. The van der Waals surface area contributed by atoms with Crippen LogP contribution in [0.4, 0.5) is 11.4 Å². The van der Waals surface area contributed by atoms with Gasteiger partial charge in [0, 0.05) is 18.7 Å². The summed E-state index contributed by atoms with van der Waals surface area (Å²) in [7, 11) is 0. The lowest BCUT2D eigenvalue weighted by Gasteiger charge is -2.09. The third-order valence-corrected chi connectivity index (χ3v) is 3.36. The summed E-state index contributed by atoms with van der Waals surface area (Å²) < 4.78 is 0. The van der Waals surface area contributed by atoms with Crippen molar-refractivity contribution in [3.63, 3.8) is 0 Å². The highest BCUT2D eigenvalue weighted by molar-refractivity contribution is 5.92. The second-order valence-corrected chi connectivity index (χ2v) is 4.93. The second kappa shape index (κ2) is 7.84. The highest BCUT2D eigenvalue weighted by Gasteiger charge is 2.05. The Kier molecular flexibility index (Phi) is 5.56. The molecule has 0 aliphatic rings. The minimum absolute atomic E-state index is 0.111. The van der Waals surface area contributed by atoms with Gasteiger partial charge < -0.3 is 10.6 Å². The zero-order valence-electron chi connectivity index (χ0n) is 12.6. The lowest BCUT2D eigenvalue weighted by atomic mass is 10.1. The van der Waals surface area contributed by atoms with E-state index in [1.807, 2.05) is 12.1 Å². The van der Waals surface area contributed by atoms with Gasteiger partial charge in [0.25, 0.3) is 0 Å². The van der Waals surface area contributed by atoms with E-state index in [9.17, 15) is 4.79 Å². The number of carbonyl (C=O) groups is 1. The van der Waals surface area contributed by atoms with Gasteiger partial charge in [-0.1, -0.05) is 31.2 Å². The van der Waals surface area contributed by atoms with Crippen LogP contribution in [0.1, 0.15) is 24.5 Å². The molecule has 0 atom stereocenters. The average molecular weight is 293 g/mol. The number of nitriles is 1. The maximum atomic E-state index is 11.9. The van der Waals surface area contributed by atoms with Crippen molar-refractivity contribution in [1.29, 1.82) is 5.26 Å². The van der Waals surface area contributed by atoms with Crippen molar-refractivity contribution < 1.29 is 4.79 Å². The predicted molar refractivity (Wildman–Crippen MR) is 88.7 cm³/mol. The SMILES string of the molecule is CCc1ccc(NCCC(=O)Nc2ccccc2C#N)cc1. The van der Waals surface area contributed by atoms with Crippen molar-refractivity contribution in [2.45, 2.75) is 19.8 Å². The summed E-state index contributed by atoms with van der Waals surface area (Å²) in [5, 5.41) is 15.0. The number of benzene rings is 2. The first kappa shape index (κ1) is 15.6. The number of nitrogens with zero attached hydrogens (tertiary/aromatic N) is 1. The van der Waals surface area contributed by atoms with Gasteiger partial charge in [0.05, 0.1) is 11.3 Å². The molecule has 0 saturated heterocycles. The van der Waals surface area contributed by atoms with Crippen LogP contribution in [0.2, 0.25) is 0 Å². The van der Waals surface area contributed by atoms with Gasteiger partial charge in [0.2, 0.25) is 5.91 Å². The Morgan fingerprint density at radius 1 is 1.14 bits per heavy atom. The van der Waals surface area contributed by atoms with Crippen LogP contribution in [0.5, 0.6) is 0 Å². The Hall–Kier alpha value is -2.80.